The van der Waals surface area contributed by atoms with Gasteiger partial charge in [-0.3, -0.25) is 9.97 Å². The van der Waals surface area contributed by atoms with Crippen LogP contribution in [0, 0.1) is 13.8 Å². The molecule has 9 aromatic rings. The molecule has 0 atom stereocenters. The zero-order valence-corrected chi connectivity index (χ0v) is 26.2. The van der Waals surface area contributed by atoms with Crippen molar-refractivity contribution in [3.05, 3.63) is 157 Å². The van der Waals surface area contributed by atoms with Crippen LogP contribution in [0.5, 0.6) is 0 Å². The van der Waals surface area contributed by atoms with Crippen LogP contribution >= 0.6 is 0 Å². The van der Waals surface area contributed by atoms with E-state index in [0.29, 0.717) is 0 Å². The molecule has 3 heterocycles. The van der Waals surface area contributed by atoms with Crippen molar-refractivity contribution in [3.8, 4) is 44.5 Å². The first kappa shape index (κ1) is 27.3. The quantitative estimate of drug-likeness (QED) is 0.188. The fourth-order valence-electron chi connectivity index (χ4n) is 7.15. The molecule has 0 unspecified atom stereocenters. The van der Waals surface area contributed by atoms with E-state index in [1.54, 1.807) is 0 Å². The summed E-state index contributed by atoms with van der Waals surface area (Å²) in [7, 11) is 0. The summed E-state index contributed by atoms with van der Waals surface area (Å²) in [6.45, 7) is 4.17. The van der Waals surface area contributed by atoms with Gasteiger partial charge in [-0.1, -0.05) is 78.9 Å². The number of hydrogen-bond acceptors (Lipinski definition) is 3. The highest BCUT2D eigenvalue weighted by atomic mass is 16.3. The van der Waals surface area contributed by atoms with E-state index < -0.39 is 0 Å². The van der Waals surface area contributed by atoms with Gasteiger partial charge in [0.05, 0.1) is 0 Å². The second-order valence-electron chi connectivity index (χ2n) is 12.5. The van der Waals surface area contributed by atoms with Crippen molar-refractivity contribution >= 4 is 43.5 Å². The highest BCUT2D eigenvalue weighted by Crippen LogP contribution is 2.47. The Balaban J connectivity index is 1.40. The number of nitrogens with zero attached hydrogens (tertiary/aromatic N) is 2. The molecule has 3 heteroatoms. The molecule has 0 saturated heterocycles. The Kier molecular flexibility index (Phi) is 6.26. The van der Waals surface area contributed by atoms with Crippen molar-refractivity contribution < 1.29 is 4.42 Å². The Bertz CT molecular complexity index is 2660. The number of benzene rings is 6. The summed E-state index contributed by atoms with van der Waals surface area (Å²) < 4.78 is 6.49. The second-order valence-corrected chi connectivity index (χ2v) is 12.5. The average molecular weight is 603 g/mol. The van der Waals surface area contributed by atoms with E-state index in [9.17, 15) is 0 Å². The van der Waals surface area contributed by atoms with Gasteiger partial charge in [-0.15, -0.1) is 0 Å². The van der Waals surface area contributed by atoms with E-state index in [-0.39, 0.29) is 0 Å². The smallest absolute Gasteiger partial charge is 0.136 e. The largest absolute Gasteiger partial charge is 0.456 e. The van der Waals surface area contributed by atoms with Crippen molar-refractivity contribution in [2.75, 3.05) is 0 Å². The molecule has 0 aliphatic carbocycles. The van der Waals surface area contributed by atoms with E-state index in [4.69, 9.17) is 4.42 Å². The molecule has 0 spiro atoms. The molecular weight excluding hydrogens is 572 g/mol. The maximum atomic E-state index is 6.49. The van der Waals surface area contributed by atoms with Crippen LogP contribution in [0.2, 0.25) is 0 Å². The van der Waals surface area contributed by atoms with Crippen molar-refractivity contribution in [1.29, 1.82) is 0 Å². The van der Waals surface area contributed by atoms with E-state index in [1.807, 2.05) is 30.9 Å². The molecule has 0 amide bonds. The van der Waals surface area contributed by atoms with Gasteiger partial charge in [-0.25, -0.2) is 0 Å². The van der Waals surface area contributed by atoms with Crippen LogP contribution in [0.3, 0.4) is 0 Å². The minimum absolute atomic E-state index is 0.889. The lowest BCUT2D eigenvalue weighted by atomic mass is 9.84. The molecule has 3 nitrogen and oxygen atoms in total. The minimum Gasteiger partial charge on any atom is -0.456 e. The molecule has 0 bridgehead atoms. The van der Waals surface area contributed by atoms with Gasteiger partial charge in [0, 0.05) is 46.7 Å². The van der Waals surface area contributed by atoms with Gasteiger partial charge in [0.15, 0.2) is 0 Å². The number of aryl methyl sites for hydroxylation is 2. The standard InChI is InChI=1S/C44H30N2O/c1-27-17-33(25-45-23-27)29-9-7-11-31(19-29)43-36-14-3-4-15-37(36)44(32-12-8-10-30(20-32)34-18-28(2)24-46-26-34)40-22-42-38(21-39(40)43)35-13-5-6-16-41(35)47-42/h3-26H,1-2H3. The van der Waals surface area contributed by atoms with E-state index >= 15 is 0 Å². The first-order chi connectivity index (χ1) is 23.1. The Labute approximate surface area is 272 Å². The van der Waals surface area contributed by atoms with Gasteiger partial charge < -0.3 is 4.42 Å². The zero-order valence-electron chi connectivity index (χ0n) is 26.2. The molecule has 3 aromatic heterocycles. The van der Waals surface area contributed by atoms with Gasteiger partial charge in [0.2, 0.25) is 0 Å². The third-order valence-corrected chi connectivity index (χ3v) is 9.24. The van der Waals surface area contributed by atoms with Crippen molar-refractivity contribution in [2.24, 2.45) is 0 Å². The first-order valence-electron chi connectivity index (χ1n) is 16.0. The normalized spacial score (nSPS) is 11.6. The molecule has 9 rings (SSSR count). The summed E-state index contributed by atoms with van der Waals surface area (Å²) in [5.74, 6) is 0. The van der Waals surface area contributed by atoms with Gasteiger partial charge in [-0.2, -0.15) is 0 Å². The molecule has 0 aliphatic heterocycles. The average Bonchev–Trinajstić information content (AvgIpc) is 3.47. The van der Waals surface area contributed by atoms with Crippen molar-refractivity contribution in [2.45, 2.75) is 13.8 Å². The predicted octanol–water partition coefficient (Wildman–Crippen LogP) is 12.0. The molecule has 6 aromatic carbocycles. The number of furan rings is 1. The summed E-state index contributed by atoms with van der Waals surface area (Å²) in [6.07, 6.45) is 7.69. The van der Waals surface area contributed by atoms with Crippen LogP contribution in [0.1, 0.15) is 11.1 Å². The molecule has 0 radical (unpaired) electrons. The molecule has 0 fully saturated rings. The summed E-state index contributed by atoms with van der Waals surface area (Å²) >= 11 is 0. The maximum absolute atomic E-state index is 6.49. The Morgan fingerprint density at radius 3 is 1.45 bits per heavy atom. The number of fused-ring (bicyclic) bond motifs is 5. The molecule has 0 saturated carbocycles. The minimum atomic E-state index is 0.889. The van der Waals surface area contributed by atoms with Crippen LogP contribution in [0.25, 0.3) is 88.0 Å². The highest BCUT2D eigenvalue weighted by Gasteiger charge is 2.20. The molecule has 47 heavy (non-hydrogen) atoms. The first-order valence-corrected chi connectivity index (χ1v) is 16.0. The topological polar surface area (TPSA) is 38.9 Å². The van der Waals surface area contributed by atoms with Crippen LogP contribution < -0.4 is 0 Å². The van der Waals surface area contributed by atoms with Crippen LogP contribution in [0.15, 0.2) is 151 Å². The zero-order chi connectivity index (χ0) is 31.5. The van der Waals surface area contributed by atoms with Gasteiger partial charge in [0.1, 0.15) is 11.2 Å². The Morgan fingerprint density at radius 1 is 0.362 bits per heavy atom. The molecular formula is C44H30N2O. The highest BCUT2D eigenvalue weighted by molar-refractivity contribution is 6.25. The number of para-hydroxylation sites is 1. The number of pyridine rings is 2. The summed E-state index contributed by atoms with van der Waals surface area (Å²) in [5, 5.41) is 7.01. The second kappa shape index (κ2) is 10.8. The fourth-order valence-corrected chi connectivity index (χ4v) is 7.15. The van der Waals surface area contributed by atoms with Gasteiger partial charge in [0.25, 0.3) is 0 Å². The Hall–Kier alpha value is -6.06. The van der Waals surface area contributed by atoms with Crippen LogP contribution in [0.4, 0.5) is 0 Å². The van der Waals surface area contributed by atoms with Gasteiger partial charge >= 0.3 is 0 Å². The van der Waals surface area contributed by atoms with Crippen LogP contribution in [-0.4, -0.2) is 9.97 Å². The molecule has 0 N–H and O–H groups in total. The summed E-state index contributed by atoms with van der Waals surface area (Å²) in [4.78, 5) is 8.96. The number of hydrogen-bond donors (Lipinski definition) is 0. The van der Waals surface area contributed by atoms with Gasteiger partial charge in [-0.05, 0) is 122 Å². The lowest BCUT2D eigenvalue weighted by molar-refractivity contribution is 0.669. The lowest BCUT2D eigenvalue weighted by Crippen LogP contribution is -1.92. The SMILES string of the molecule is Cc1cncc(-c2cccc(-c3c4ccccc4c(-c4cccc(-c5cncc(C)c5)c4)c4cc5c(cc34)oc3ccccc35)c2)c1. The Morgan fingerprint density at radius 2 is 0.872 bits per heavy atom. The fraction of sp³-hybridized carbons (Fsp3) is 0.0455. The molecule has 222 valence electrons. The van der Waals surface area contributed by atoms with E-state index in [2.05, 4.69) is 139 Å². The number of aromatic nitrogens is 2. The third kappa shape index (κ3) is 4.59. The summed E-state index contributed by atoms with van der Waals surface area (Å²) in [5.41, 5.74) is 13.3. The van der Waals surface area contributed by atoms with Crippen LogP contribution in [-0.2, 0) is 0 Å². The number of rotatable bonds is 4. The maximum Gasteiger partial charge on any atom is 0.136 e. The molecule has 0 aliphatic rings. The van der Waals surface area contributed by atoms with Crippen molar-refractivity contribution in [1.82, 2.24) is 9.97 Å². The van der Waals surface area contributed by atoms with E-state index in [1.165, 1.54) is 32.8 Å². The van der Waals surface area contributed by atoms with Crippen molar-refractivity contribution in [3.63, 3.8) is 0 Å². The summed E-state index contributed by atoms with van der Waals surface area (Å²) in [6, 6.07) is 43.8. The lowest BCUT2D eigenvalue weighted by Gasteiger charge is -2.19. The third-order valence-electron chi connectivity index (χ3n) is 9.24. The van der Waals surface area contributed by atoms with E-state index in [0.717, 1.165) is 66.3 Å². The monoisotopic (exact) mass is 602 g/mol. The predicted molar refractivity (Wildman–Crippen MR) is 196 cm³/mol.